The van der Waals surface area contributed by atoms with Crippen LogP contribution in [0.2, 0.25) is 5.02 Å². The van der Waals surface area contributed by atoms with Gasteiger partial charge in [0.25, 0.3) is 0 Å². The minimum Gasteiger partial charge on any atom is -0.496 e. The van der Waals surface area contributed by atoms with Gasteiger partial charge in [-0.1, -0.05) is 29.8 Å². The highest BCUT2D eigenvalue weighted by molar-refractivity contribution is 6.33. The minimum atomic E-state index is -0.0642. The van der Waals surface area contributed by atoms with Crippen molar-refractivity contribution >= 4 is 17.4 Å². The summed E-state index contributed by atoms with van der Waals surface area (Å²) in [5.41, 5.74) is 1.29. The summed E-state index contributed by atoms with van der Waals surface area (Å²) in [5.74, 6) is 0.637. The predicted molar refractivity (Wildman–Crippen MR) is 78.7 cm³/mol. The molecule has 0 N–H and O–H groups in total. The lowest BCUT2D eigenvalue weighted by Gasteiger charge is -2.11. The highest BCUT2D eigenvalue weighted by Crippen LogP contribution is 2.24. The Balaban J connectivity index is 2.31. The van der Waals surface area contributed by atoms with Crippen molar-refractivity contribution in [1.82, 2.24) is 9.78 Å². The lowest BCUT2D eigenvalue weighted by molar-refractivity contribution is 0.0980. The van der Waals surface area contributed by atoms with Crippen LogP contribution in [0.25, 0.3) is 0 Å². The summed E-state index contributed by atoms with van der Waals surface area (Å²) >= 11 is 6.09. The number of carbonyl (C=O) groups is 1. The molecule has 0 spiro atoms. The van der Waals surface area contributed by atoms with E-state index < -0.39 is 0 Å². The van der Waals surface area contributed by atoms with Crippen molar-refractivity contribution in [2.24, 2.45) is 0 Å². The molecule has 0 bridgehead atoms. The highest BCUT2D eigenvalue weighted by Gasteiger charge is 2.20. The van der Waals surface area contributed by atoms with Gasteiger partial charge in [0.1, 0.15) is 11.4 Å². The van der Waals surface area contributed by atoms with Crippen LogP contribution in [0.5, 0.6) is 5.75 Å². The maximum absolute atomic E-state index is 12.5. The maximum atomic E-state index is 12.5. The van der Waals surface area contributed by atoms with Crippen molar-refractivity contribution < 1.29 is 9.53 Å². The first-order valence-electron chi connectivity index (χ1n) is 6.42. The smallest absolute Gasteiger partial charge is 0.186 e. The van der Waals surface area contributed by atoms with Gasteiger partial charge in [-0.25, -0.2) is 0 Å². The van der Waals surface area contributed by atoms with Crippen LogP contribution in [0.1, 0.15) is 35.9 Å². The van der Waals surface area contributed by atoms with Crippen LogP contribution in [0, 0.1) is 0 Å². The van der Waals surface area contributed by atoms with Gasteiger partial charge >= 0.3 is 0 Å². The lowest BCUT2D eigenvalue weighted by atomic mass is 10.1. The zero-order valence-electron chi connectivity index (χ0n) is 11.8. The van der Waals surface area contributed by atoms with Gasteiger partial charge in [0.15, 0.2) is 5.78 Å². The maximum Gasteiger partial charge on any atom is 0.186 e. The van der Waals surface area contributed by atoms with E-state index in [1.165, 1.54) is 6.20 Å². The second-order valence-corrected chi connectivity index (χ2v) is 5.20. The van der Waals surface area contributed by atoms with Crippen molar-refractivity contribution in [2.75, 3.05) is 7.11 Å². The number of methoxy groups -OCH3 is 1. The fourth-order valence-electron chi connectivity index (χ4n) is 2.10. The third-order valence-electron chi connectivity index (χ3n) is 3.05. The molecule has 0 aliphatic heterocycles. The molecule has 0 atom stereocenters. The Labute approximate surface area is 123 Å². The summed E-state index contributed by atoms with van der Waals surface area (Å²) < 4.78 is 6.92. The number of benzene rings is 1. The van der Waals surface area contributed by atoms with E-state index in [2.05, 4.69) is 5.10 Å². The Kier molecular flexibility index (Phi) is 4.45. The Morgan fingerprint density at radius 1 is 1.40 bits per heavy atom. The van der Waals surface area contributed by atoms with Gasteiger partial charge in [-0.05, 0) is 19.9 Å². The average Bonchev–Trinajstić information content (AvgIpc) is 2.81. The molecule has 106 valence electrons. The molecule has 0 radical (unpaired) electrons. The number of ether oxygens (including phenoxy) is 1. The Morgan fingerprint density at radius 2 is 2.10 bits per heavy atom. The fourth-order valence-corrected chi connectivity index (χ4v) is 2.34. The first-order chi connectivity index (χ1) is 9.54. The molecular formula is C15H17ClN2O2. The first kappa shape index (κ1) is 14.6. The van der Waals surface area contributed by atoms with E-state index in [1.807, 2.05) is 38.1 Å². The summed E-state index contributed by atoms with van der Waals surface area (Å²) in [4.78, 5) is 12.5. The molecule has 2 aromatic rings. The summed E-state index contributed by atoms with van der Waals surface area (Å²) in [6.07, 6.45) is 1.75. The molecule has 0 amide bonds. The van der Waals surface area contributed by atoms with E-state index in [0.717, 1.165) is 5.56 Å². The molecule has 1 aromatic carbocycles. The quantitative estimate of drug-likeness (QED) is 0.792. The third-order valence-corrected chi connectivity index (χ3v) is 3.32. The number of hydrogen-bond donors (Lipinski definition) is 0. The predicted octanol–water partition coefficient (Wildman–Crippen LogP) is 3.55. The van der Waals surface area contributed by atoms with Crippen molar-refractivity contribution in [3.05, 3.63) is 46.7 Å². The van der Waals surface area contributed by atoms with E-state index in [9.17, 15) is 4.79 Å². The number of aromatic nitrogens is 2. The molecule has 1 heterocycles. The highest BCUT2D eigenvalue weighted by atomic mass is 35.5. The number of para-hydroxylation sites is 1. The summed E-state index contributed by atoms with van der Waals surface area (Å²) in [5, 5.41) is 4.54. The molecular weight excluding hydrogens is 276 g/mol. The number of hydrogen-bond acceptors (Lipinski definition) is 3. The zero-order chi connectivity index (χ0) is 14.7. The molecule has 0 fully saturated rings. The Bertz CT molecular complexity index is 620. The summed E-state index contributed by atoms with van der Waals surface area (Å²) in [6.45, 7) is 3.92. The Hall–Kier alpha value is -1.81. The normalized spacial score (nSPS) is 10.8. The Morgan fingerprint density at radius 3 is 2.75 bits per heavy atom. The van der Waals surface area contributed by atoms with Gasteiger partial charge < -0.3 is 4.74 Å². The molecule has 5 heteroatoms. The van der Waals surface area contributed by atoms with Gasteiger partial charge in [-0.15, -0.1) is 0 Å². The number of carbonyl (C=O) groups excluding carboxylic acids is 1. The van der Waals surface area contributed by atoms with E-state index in [4.69, 9.17) is 16.3 Å². The molecule has 0 unspecified atom stereocenters. The van der Waals surface area contributed by atoms with Crippen molar-refractivity contribution in [3.63, 3.8) is 0 Å². The minimum absolute atomic E-state index is 0.0642. The lowest BCUT2D eigenvalue weighted by Crippen LogP contribution is -2.15. The summed E-state index contributed by atoms with van der Waals surface area (Å²) in [6, 6.07) is 7.55. The van der Waals surface area contributed by atoms with Gasteiger partial charge in [0.2, 0.25) is 0 Å². The molecule has 0 saturated heterocycles. The molecule has 4 nitrogen and oxygen atoms in total. The van der Waals surface area contributed by atoms with Crippen molar-refractivity contribution in [2.45, 2.75) is 26.3 Å². The molecule has 2 rings (SSSR count). The molecule has 0 saturated carbocycles. The molecule has 0 aliphatic rings. The third kappa shape index (κ3) is 2.85. The van der Waals surface area contributed by atoms with E-state index >= 15 is 0 Å². The van der Waals surface area contributed by atoms with Gasteiger partial charge in [-0.2, -0.15) is 5.10 Å². The second-order valence-electron chi connectivity index (χ2n) is 4.79. The second kappa shape index (κ2) is 6.09. The largest absolute Gasteiger partial charge is 0.496 e. The van der Waals surface area contributed by atoms with Crippen LogP contribution in [0.4, 0.5) is 0 Å². The zero-order valence-corrected chi connectivity index (χ0v) is 12.5. The van der Waals surface area contributed by atoms with Crippen LogP contribution in [0.15, 0.2) is 30.5 Å². The van der Waals surface area contributed by atoms with Crippen LogP contribution in [-0.4, -0.2) is 22.7 Å². The first-order valence-corrected chi connectivity index (χ1v) is 6.80. The fraction of sp³-hybridized carbons (Fsp3) is 0.333. The van der Waals surface area contributed by atoms with E-state index in [-0.39, 0.29) is 18.2 Å². The van der Waals surface area contributed by atoms with Gasteiger partial charge in [-0.3, -0.25) is 9.48 Å². The van der Waals surface area contributed by atoms with Crippen LogP contribution in [0.3, 0.4) is 0 Å². The SMILES string of the molecule is COc1ccccc1CC(=O)c1c(Cl)cnn1C(C)C. The van der Waals surface area contributed by atoms with Crippen LogP contribution in [-0.2, 0) is 6.42 Å². The number of ketones is 1. The summed E-state index contributed by atoms with van der Waals surface area (Å²) in [7, 11) is 1.59. The average molecular weight is 293 g/mol. The number of nitrogens with zero attached hydrogens (tertiary/aromatic N) is 2. The van der Waals surface area contributed by atoms with Crippen LogP contribution < -0.4 is 4.74 Å². The molecule has 0 aliphatic carbocycles. The molecule has 20 heavy (non-hydrogen) atoms. The van der Waals surface area contributed by atoms with Crippen molar-refractivity contribution in [3.8, 4) is 5.75 Å². The molecule has 1 aromatic heterocycles. The van der Waals surface area contributed by atoms with Crippen LogP contribution >= 0.6 is 11.6 Å². The van der Waals surface area contributed by atoms with Gasteiger partial charge in [0, 0.05) is 18.0 Å². The monoisotopic (exact) mass is 292 g/mol. The van der Waals surface area contributed by atoms with E-state index in [0.29, 0.717) is 16.5 Å². The van der Waals surface area contributed by atoms with Crippen molar-refractivity contribution in [1.29, 1.82) is 0 Å². The number of Topliss-reactive ketones (excluding diaryl/α,β-unsaturated/α-hetero) is 1. The topological polar surface area (TPSA) is 44.1 Å². The van der Waals surface area contributed by atoms with E-state index in [1.54, 1.807) is 11.8 Å². The standard InChI is InChI=1S/C15H17ClN2O2/c1-10(2)18-15(12(16)9-17-18)13(19)8-11-6-4-5-7-14(11)20-3/h4-7,9-10H,8H2,1-3H3. The number of rotatable bonds is 5. The van der Waals surface area contributed by atoms with Gasteiger partial charge in [0.05, 0.1) is 18.3 Å². The number of halogens is 1.